The molecule has 5 heteroatoms. The minimum absolute atomic E-state index is 0.427. The fraction of sp³-hybridized carbons (Fsp3) is 0.400. The number of halogens is 1. The summed E-state index contributed by atoms with van der Waals surface area (Å²) in [6, 6.07) is 5.79. The third kappa shape index (κ3) is 2.81. The van der Waals surface area contributed by atoms with Gasteiger partial charge in [0.1, 0.15) is 5.75 Å². The van der Waals surface area contributed by atoms with Crippen LogP contribution in [0.3, 0.4) is 0 Å². The molecule has 2 aromatic rings. The second-order valence-electron chi connectivity index (χ2n) is 5.12. The number of nitrogens with zero attached hydrogens (tertiary/aromatic N) is 3. The molecule has 0 amide bonds. The first-order valence-electron chi connectivity index (χ1n) is 6.83. The van der Waals surface area contributed by atoms with Crippen molar-refractivity contribution in [2.75, 3.05) is 20.1 Å². The van der Waals surface area contributed by atoms with Gasteiger partial charge in [0.05, 0.1) is 0 Å². The van der Waals surface area contributed by atoms with Crippen molar-refractivity contribution in [1.82, 2.24) is 14.7 Å². The summed E-state index contributed by atoms with van der Waals surface area (Å²) >= 11 is 6.34. The van der Waals surface area contributed by atoms with Gasteiger partial charge in [-0.2, -0.15) is 5.10 Å². The normalized spacial score (nSPS) is 15.7. The van der Waals surface area contributed by atoms with Gasteiger partial charge in [-0.1, -0.05) is 11.6 Å². The monoisotopic (exact) mass is 291 g/mol. The fourth-order valence-electron chi connectivity index (χ4n) is 2.55. The number of hydrogen-bond acceptors (Lipinski definition) is 3. The summed E-state index contributed by atoms with van der Waals surface area (Å²) in [5, 5.41) is 5.00. The van der Waals surface area contributed by atoms with Crippen molar-refractivity contribution in [1.29, 1.82) is 0 Å². The van der Waals surface area contributed by atoms with Crippen LogP contribution in [0.2, 0.25) is 5.02 Å². The summed E-state index contributed by atoms with van der Waals surface area (Å²) in [5.41, 5.74) is 2.47. The largest absolute Gasteiger partial charge is 0.471 e. The lowest BCUT2D eigenvalue weighted by Crippen LogP contribution is -2.20. The standard InChI is InChI=1S/C15H18ClN3O/c1-18-9-5-12-13(6-10-18)15(4-3-14(12)16)20-11-19-8-2-7-17-19/h2-4,7-8H,5-6,9-11H2,1H3. The third-order valence-corrected chi connectivity index (χ3v) is 4.08. The Bertz CT molecular complexity index is 583. The molecule has 0 fully saturated rings. The Morgan fingerprint density at radius 1 is 1.25 bits per heavy atom. The van der Waals surface area contributed by atoms with E-state index in [1.807, 2.05) is 24.4 Å². The van der Waals surface area contributed by atoms with Crippen molar-refractivity contribution < 1.29 is 4.74 Å². The van der Waals surface area contributed by atoms with Crippen molar-refractivity contribution in [3.8, 4) is 5.75 Å². The highest BCUT2D eigenvalue weighted by atomic mass is 35.5. The molecule has 3 rings (SSSR count). The van der Waals surface area contributed by atoms with Gasteiger partial charge in [0.15, 0.2) is 6.73 Å². The third-order valence-electron chi connectivity index (χ3n) is 3.73. The number of aromatic nitrogens is 2. The average molecular weight is 292 g/mol. The summed E-state index contributed by atoms with van der Waals surface area (Å²) in [6.07, 6.45) is 5.59. The predicted molar refractivity (Wildman–Crippen MR) is 79.2 cm³/mol. The van der Waals surface area contributed by atoms with Gasteiger partial charge < -0.3 is 9.64 Å². The smallest absolute Gasteiger partial charge is 0.180 e. The minimum atomic E-state index is 0.427. The molecule has 0 aliphatic carbocycles. The quantitative estimate of drug-likeness (QED) is 0.871. The lowest BCUT2D eigenvalue weighted by molar-refractivity contribution is 0.218. The molecule has 0 radical (unpaired) electrons. The zero-order chi connectivity index (χ0) is 13.9. The highest BCUT2D eigenvalue weighted by Gasteiger charge is 2.18. The van der Waals surface area contributed by atoms with Crippen molar-refractivity contribution in [3.63, 3.8) is 0 Å². The summed E-state index contributed by atoms with van der Waals surface area (Å²) in [4.78, 5) is 2.33. The highest BCUT2D eigenvalue weighted by Crippen LogP contribution is 2.31. The average Bonchev–Trinajstić information content (AvgIpc) is 2.88. The van der Waals surface area contributed by atoms with E-state index in [2.05, 4.69) is 17.0 Å². The lowest BCUT2D eigenvalue weighted by atomic mass is 10.0. The van der Waals surface area contributed by atoms with E-state index < -0.39 is 0 Å². The van der Waals surface area contributed by atoms with Crippen LogP contribution in [-0.4, -0.2) is 34.8 Å². The number of rotatable bonds is 3. The number of hydrogen-bond donors (Lipinski definition) is 0. The van der Waals surface area contributed by atoms with E-state index in [1.54, 1.807) is 10.9 Å². The zero-order valence-electron chi connectivity index (χ0n) is 11.6. The predicted octanol–water partition coefficient (Wildman–Crippen LogP) is 2.60. The van der Waals surface area contributed by atoms with E-state index >= 15 is 0 Å². The van der Waals surface area contributed by atoms with Gasteiger partial charge in [-0.25, -0.2) is 4.68 Å². The molecule has 1 aliphatic heterocycles. The van der Waals surface area contributed by atoms with Crippen LogP contribution in [0, 0.1) is 0 Å². The molecule has 106 valence electrons. The van der Waals surface area contributed by atoms with Gasteiger partial charge in [0.2, 0.25) is 0 Å². The molecule has 1 aliphatic rings. The molecule has 0 saturated heterocycles. The highest BCUT2D eigenvalue weighted by molar-refractivity contribution is 6.31. The van der Waals surface area contributed by atoms with Crippen LogP contribution < -0.4 is 4.74 Å². The Morgan fingerprint density at radius 2 is 2.05 bits per heavy atom. The maximum atomic E-state index is 6.34. The Kier molecular flexibility index (Phi) is 3.94. The first-order chi connectivity index (χ1) is 9.74. The first-order valence-corrected chi connectivity index (χ1v) is 7.21. The van der Waals surface area contributed by atoms with Crippen LogP contribution in [-0.2, 0) is 19.6 Å². The SMILES string of the molecule is CN1CCc2c(Cl)ccc(OCn3cccn3)c2CC1. The number of likely N-dealkylation sites (N-methyl/N-ethyl adjacent to an activating group) is 1. The van der Waals surface area contributed by atoms with E-state index in [-0.39, 0.29) is 0 Å². The Balaban J connectivity index is 1.84. The van der Waals surface area contributed by atoms with Crippen molar-refractivity contribution in [2.45, 2.75) is 19.6 Å². The molecule has 1 aromatic heterocycles. The molecule has 4 nitrogen and oxygen atoms in total. The Morgan fingerprint density at radius 3 is 2.80 bits per heavy atom. The summed E-state index contributed by atoms with van der Waals surface area (Å²) in [7, 11) is 2.14. The van der Waals surface area contributed by atoms with E-state index in [4.69, 9.17) is 16.3 Å². The molecular weight excluding hydrogens is 274 g/mol. The molecule has 0 unspecified atom stereocenters. The van der Waals surface area contributed by atoms with Crippen molar-refractivity contribution in [2.24, 2.45) is 0 Å². The number of ether oxygens (including phenoxy) is 1. The van der Waals surface area contributed by atoms with Gasteiger partial charge in [-0.15, -0.1) is 0 Å². The van der Waals surface area contributed by atoms with Crippen LogP contribution in [0.15, 0.2) is 30.6 Å². The van der Waals surface area contributed by atoms with E-state index in [1.165, 1.54) is 11.1 Å². The topological polar surface area (TPSA) is 30.3 Å². The van der Waals surface area contributed by atoms with Crippen molar-refractivity contribution in [3.05, 3.63) is 46.7 Å². The van der Waals surface area contributed by atoms with Crippen molar-refractivity contribution >= 4 is 11.6 Å². The number of fused-ring (bicyclic) bond motifs is 1. The molecule has 0 saturated carbocycles. The zero-order valence-corrected chi connectivity index (χ0v) is 12.3. The molecule has 0 atom stereocenters. The minimum Gasteiger partial charge on any atom is -0.471 e. The van der Waals surface area contributed by atoms with Gasteiger partial charge in [-0.3, -0.25) is 0 Å². The molecule has 1 aromatic carbocycles. The van der Waals surface area contributed by atoms with E-state index in [0.717, 1.165) is 36.7 Å². The van der Waals surface area contributed by atoms with Crippen LogP contribution in [0.5, 0.6) is 5.75 Å². The molecule has 0 spiro atoms. The molecule has 20 heavy (non-hydrogen) atoms. The lowest BCUT2D eigenvalue weighted by Gasteiger charge is -2.15. The maximum absolute atomic E-state index is 6.34. The summed E-state index contributed by atoms with van der Waals surface area (Å²) < 4.78 is 7.69. The van der Waals surface area contributed by atoms with Gasteiger partial charge in [0, 0.05) is 36.1 Å². The van der Waals surface area contributed by atoms with Crippen LogP contribution in [0.1, 0.15) is 11.1 Å². The number of benzene rings is 1. The Labute approximate surface area is 123 Å². The van der Waals surface area contributed by atoms with E-state index in [9.17, 15) is 0 Å². The van der Waals surface area contributed by atoms with Gasteiger partial charge in [0.25, 0.3) is 0 Å². The molecule has 2 heterocycles. The van der Waals surface area contributed by atoms with Gasteiger partial charge >= 0.3 is 0 Å². The van der Waals surface area contributed by atoms with Crippen LogP contribution in [0.25, 0.3) is 0 Å². The van der Waals surface area contributed by atoms with E-state index in [0.29, 0.717) is 6.73 Å². The molecule has 0 bridgehead atoms. The first kappa shape index (κ1) is 13.5. The molecule has 0 N–H and O–H groups in total. The Hall–Kier alpha value is -1.52. The van der Waals surface area contributed by atoms with Gasteiger partial charge in [-0.05, 0) is 43.7 Å². The van der Waals surface area contributed by atoms with Crippen LogP contribution >= 0.6 is 11.6 Å². The maximum Gasteiger partial charge on any atom is 0.180 e. The second-order valence-corrected chi connectivity index (χ2v) is 5.53. The second kappa shape index (κ2) is 5.85. The van der Waals surface area contributed by atoms with Crippen LogP contribution in [0.4, 0.5) is 0 Å². The molecular formula is C15H18ClN3O. The fourth-order valence-corrected chi connectivity index (χ4v) is 2.82. The summed E-state index contributed by atoms with van der Waals surface area (Å²) in [5.74, 6) is 0.926. The summed E-state index contributed by atoms with van der Waals surface area (Å²) in [6.45, 7) is 2.50.